The number of carbonyl (C=O) groups is 6. The van der Waals surface area contributed by atoms with Crippen LogP contribution >= 0.6 is 0 Å². The van der Waals surface area contributed by atoms with Gasteiger partial charge in [0, 0.05) is 62.3 Å². The number of benzene rings is 6. The molecule has 0 spiro atoms. The fraction of sp³-hybridized carbons (Fsp3) is 0.452. The van der Waals surface area contributed by atoms with Crippen LogP contribution in [-0.4, -0.2) is 163 Å². The van der Waals surface area contributed by atoms with E-state index in [1.54, 1.807) is 11.8 Å². The lowest BCUT2D eigenvalue weighted by molar-refractivity contribution is -0.140. The van der Waals surface area contributed by atoms with Crippen molar-refractivity contribution in [2.24, 2.45) is 21.8 Å². The molecule has 0 aliphatic carbocycles. The zero-order chi connectivity index (χ0) is 76.0. The summed E-state index contributed by atoms with van der Waals surface area (Å²) in [6, 6.07) is 37.6. The SMILES string of the molecule is CC(C)(C)OC(=O)N1CCC[C@H]1c1nc2ccc(-c3ccc4cc(C5=CN=C([C@@H]6CCCN6)C5)ccc4c3)cc2[nH]1.CC[C@H](C)[C@H](NC(=O)OC)C(=O)N1CCC[C@H]1C1=NC=C(c2ccc3cc(-c4ccc5nc(C6CCCN6C(=O)OC(C)(C)C)[nH]c5c4)ccc3c2)C1.CC[C@H](C)[C@H](NC(=O)OC)C(=O)O. The van der Waals surface area contributed by atoms with Crippen molar-refractivity contribution >= 4 is 102 Å². The van der Waals surface area contributed by atoms with Gasteiger partial charge in [0.1, 0.15) is 34.9 Å². The molecule has 6 aliphatic heterocycles. The second-order valence-electron chi connectivity index (χ2n) is 31.0. The van der Waals surface area contributed by atoms with Gasteiger partial charge in [-0.05, 0) is 226 Å². The summed E-state index contributed by atoms with van der Waals surface area (Å²) in [6.07, 6.45) is 12.9. The van der Waals surface area contributed by atoms with Crippen molar-refractivity contribution in [1.82, 2.24) is 50.6 Å². The molecule has 0 radical (unpaired) electrons. The Morgan fingerprint density at radius 2 is 0.916 bits per heavy atom. The number of carboxylic acids is 1. The van der Waals surface area contributed by atoms with Crippen LogP contribution in [0.5, 0.6) is 0 Å². The van der Waals surface area contributed by atoms with E-state index in [4.69, 9.17) is 39.3 Å². The number of fused-ring (bicyclic) bond motifs is 4. The number of aromatic nitrogens is 4. The van der Waals surface area contributed by atoms with E-state index in [2.05, 4.69) is 140 Å². The molecule has 8 atom stereocenters. The van der Waals surface area contributed by atoms with Crippen LogP contribution in [0.4, 0.5) is 19.2 Å². The third kappa shape index (κ3) is 17.8. The van der Waals surface area contributed by atoms with Crippen molar-refractivity contribution in [3.63, 3.8) is 0 Å². The molecule has 5 amide bonds. The van der Waals surface area contributed by atoms with Crippen LogP contribution in [0.15, 0.2) is 132 Å². The normalized spacial score (nSPS) is 19.8. The summed E-state index contributed by atoms with van der Waals surface area (Å²) >= 11 is 0. The van der Waals surface area contributed by atoms with Gasteiger partial charge >= 0.3 is 30.3 Å². The number of imidazole rings is 2. The average molecular weight is 1460 g/mol. The fourth-order valence-electron chi connectivity index (χ4n) is 15.1. The number of aliphatic carboxylic acids is 1. The highest BCUT2D eigenvalue weighted by Gasteiger charge is 2.41. The number of carbonyl (C=O) groups excluding carboxylic acids is 5. The second kappa shape index (κ2) is 32.7. The number of ether oxygens (including phenoxy) is 4. The summed E-state index contributed by atoms with van der Waals surface area (Å²) in [4.78, 5) is 105. The molecule has 2 aromatic heterocycles. The Morgan fingerprint density at radius 3 is 1.36 bits per heavy atom. The Balaban J connectivity index is 0.000000175. The Labute approximate surface area is 625 Å². The van der Waals surface area contributed by atoms with Crippen LogP contribution in [0, 0.1) is 11.8 Å². The summed E-state index contributed by atoms with van der Waals surface area (Å²) in [5.74, 6) is 0.357. The van der Waals surface area contributed by atoms with Gasteiger partial charge in [0.2, 0.25) is 5.91 Å². The third-order valence-electron chi connectivity index (χ3n) is 21.3. The highest BCUT2D eigenvalue weighted by Crippen LogP contribution is 2.39. The number of alkyl carbamates (subject to hydrolysis) is 2. The van der Waals surface area contributed by atoms with Gasteiger partial charge in [-0.25, -0.2) is 33.9 Å². The number of carboxylic acid groups (broad SMARTS) is 1. The fourth-order valence-corrected chi connectivity index (χ4v) is 15.1. The van der Waals surface area contributed by atoms with E-state index in [1.807, 2.05) is 84.4 Å². The quantitative estimate of drug-likeness (QED) is 0.0491. The predicted molar refractivity (Wildman–Crippen MR) is 419 cm³/mol. The molecule has 6 N–H and O–H groups in total. The molecule has 0 saturated carbocycles. The zero-order valence-electron chi connectivity index (χ0n) is 63.6. The van der Waals surface area contributed by atoms with Crippen LogP contribution in [0.2, 0.25) is 0 Å². The molecular weight excluding hydrogens is 1350 g/mol. The van der Waals surface area contributed by atoms with E-state index in [1.165, 1.54) is 54.7 Å². The summed E-state index contributed by atoms with van der Waals surface area (Å²) in [6.45, 7) is 22.1. The molecule has 23 heteroatoms. The van der Waals surface area contributed by atoms with E-state index < -0.39 is 41.4 Å². The molecule has 4 saturated heterocycles. The summed E-state index contributed by atoms with van der Waals surface area (Å²) in [5.41, 5.74) is 14.2. The van der Waals surface area contributed by atoms with Gasteiger partial charge in [-0.1, -0.05) is 101 Å². The minimum absolute atomic E-state index is 0.0262. The number of nitrogens with one attached hydrogen (secondary N) is 5. The van der Waals surface area contributed by atoms with Gasteiger partial charge in [-0.2, -0.15) is 0 Å². The molecule has 8 heterocycles. The maximum atomic E-state index is 13.7. The van der Waals surface area contributed by atoms with Gasteiger partial charge < -0.3 is 54.9 Å². The van der Waals surface area contributed by atoms with Crippen molar-refractivity contribution in [2.45, 2.75) is 194 Å². The highest BCUT2D eigenvalue weighted by molar-refractivity contribution is 6.05. The average Bonchev–Trinajstić information content (AvgIpc) is 1.69. The Hall–Kier alpha value is -10.4. The van der Waals surface area contributed by atoms with Gasteiger partial charge in [-0.3, -0.25) is 24.6 Å². The van der Waals surface area contributed by atoms with E-state index in [0.29, 0.717) is 38.5 Å². The van der Waals surface area contributed by atoms with E-state index in [0.717, 1.165) is 142 Å². The number of nitrogens with zero attached hydrogens (tertiary/aromatic N) is 7. The van der Waals surface area contributed by atoms with Crippen molar-refractivity contribution in [2.75, 3.05) is 40.4 Å². The van der Waals surface area contributed by atoms with Crippen LogP contribution in [0.3, 0.4) is 0 Å². The number of hydrogen-bond acceptors (Lipinski definition) is 15. The number of amides is 5. The van der Waals surface area contributed by atoms with E-state index >= 15 is 0 Å². The third-order valence-corrected chi connectivity index (χ3v) is 21.3. The van der Waals surface area contributed by atoms with Gasteiger partial charge in [0.15, 0.2) is 0 Å². The molecule has 1 unspecified atom stereocenters. The lowest BCUT2D eigenvalue weighted by atomic mass is 9.94. The number of aromatic amines is 2. The molecule has 6 aliphatic rings. The molecule has 4 fully saturated rings. The molecule has 14 rings (SSSR count). The molecule has 107 heavy (non-hydrogen) atoms. The van der Waals surface area contributed by atoms with Gasteiger partial charge in [-0.15, -0.1) is 0 Å². The summed E-state index contributed by atoms with van der Waals surface area (Å²) in [7, 11) is 2.52. The second-order valence-corrected chi connectivity index (χ2v) is 31.0. The minimum Gasteiger partial charge on any atom is -0.480 e. The van der Waals surface area contributed by atoms with Crippen LogP contribution < -0.4 is 16.0 Å². The van der Waals surface area contributed by atoms with Crippen LogP contribution in [-0.2, 0) is 28.5 Å². The highest BCUT2D eigenvalue weighted by atomic mass is 16.6. The lowest BCUT2D eigenvalue weighted by Gasteiger charge is -2.31. The number of aliphatic imine (C=N–C) groups is 2. The summed E-state index contributed by atoms with van der Waals surface area (Å²) < 4.78 is 20.5. The van der Waals surface area contributed by atoms with Crippen molar-refractivity contribution in [3.05, 3.63) is 144 Å². The first-order chi connectivity index (χ1) is 51.2. The molecular formula is C84H102N12O11. The van der Waals surface area contributed by atoms with Crippen molar-refractivity contribution < 1.29 is 52.8 Å². The first kappa shape index (κ1) is 76.2. The maximum Gasteiger partial charge on any atom is 0.410 e. The number of methoxy groups -OCH3 is 2. The standard InChI is InChI=1S/C42H50N6O5.C34H37N5O2.C8H15NO4/c1-7-25(2)37(46-40(50)52-6)39(49)47-18-8-10-35(47)34-23-31(24-43-34)29-15-14-26-20-28(13-12-27(26)21-29)30-16-17-32-33(22-30)45-38(44-32)36-11-9-19-48(36)41(51)53-42(3,4)5;1-34(2,3)41-33(40)39-15-5-7-31(39)32-37-28-13-12-25(18-30(28)38-32)23-9-8-22-17-24(11-10-21(22)16-23)26-19-29(36-20-26)27-6-4-14-35-27;1-4-5(2)6(7(10)11)9-8(12)13-3/h12-17,20-22,24-25,35-37H,7-11,18-19,23H2,1-6H3,(H,44,45)(H,46,50);8-13,16-18,20,27,31,35H,4-7,14-15,19H2,1-3H3,(H,37,38);5-6H,4H2,1-3H3,(H,9,12)(H,10,11)/t25-,35-,36?,37-;27-,31-;5-,6-/m000/s1. The first-order valence-electron chi connectivity index (χ1n) is 37.8. The topological polar surface area (TPSA) is 287 Å². The lowest BCUT2D eigenvalue weighted by Crippen LogP contribution is -2.54. The number of hydrogen-bond donors (Lipinski definition) is 6. The van der Waals surface area contributed by atoms with Crippen LogP contribution in [0.25, 0.3) is 77.0 Å². The Bertz CT molecular complexity index is 4780. The van der Waals surface area contributed by atoms with E-state index in [-0.39, 0.29) is 48.1 Å². The zero-order valence-corrected chi connectivity index (χ0v) is 63.6. The smallest absolute Gasteiger partial charge is 0.410 e. The monoisotopic (exact) mass is 1450 g/mol. The Kier molecular flexibility index (Phi) is 23.3. The molecule has 0 bridgehead atoms. The number of rotatable bonds is 16. The predicted octanol–water partition coefficient (Wildman–Crippen LogP) is 16.6. The Morgan fingerprint density at radius 1 is 0.514 bits per heavy atom. The first-order valence-corrected chi connectivity index (χ1v) is 37.8. The summed E-state index contributed by atoms with van der Waals surface area (Å²) in [5, 5.41) is 22.1. The van der Waals surface area contributed by atoms with E-state index in [9.17, 15) is 28.8 Å². The molecule has 8 aromatic rings. The number of H-pyrrole nitrogens is 2. The maximum absolute atomic E-state index is 13.7. The largest absolute Gasteiger partial charge is 0.480 e. The minimum atomic E-state index is -1.04. The van der Waals surface area contributed by atoms with Gasteiger partial charge in [0.25, 0.3) is 0 Å². The molecule has 23 nitrogen and oxygen atoms in total. The van der Waals surface area contributed by atoms with Gasteiger partial charge in [0.05, 0.1) is 54.4 Å². The van der Waals surface area contributed by atoms with Crippen LogP contribution in [0.1, 0.15) is 181 Å². The van der Waals surface area contributed by atoms with Crippen molar-refractivity contribution in [1.29, 1.82) is 0 Å². The molecule has 564 valence electrons. The van der Waals surface area contributed by atoms with Crippen molar-refractivity contribution in [3.8, 4) is 22.3 Å². The number of allylic oxidation sites excluding steroid dienone is 2. The number of likely N-dealkylation sites (tertiary alicyclic amines) is 3. The molecule has 6 aromatic carbocycles.